The lowest BCUT2D eigenvalue weighted by Gasteiger charge is -2.11. The van der Waals surface area contributed by atoms with Crippen LogP contribution in [0.1, 0.15) is 36.3 Å². The van der Waals surface area contributed by atoms with E-state index in [1.54, 1.807) is 24.7 Å². The van der Waals surface area contributed by atoms with Crippen molar-refractivity contribution in [2.45, 2.75) is 32.9 Å². The molecule has 0 aliphatic carbocycles. The smallest absolute Gasteiger partial charge is 0.270 e. The molecule has 0 radical (unpaired) electrons. The molecule has 0 aliphatic rings. The summed E-state index contributed by atoms with van der Waals surface area (Å²) < 4.78 is 0. The Hall–Kier alpha value is -2.50. The number of carbonyl (C=O) groups is 1. The minimum Gasteiger partial charge on any atom is -0.350 e. The lowest BCUT2D eigenvalue weighted by atomic mass is 10.2. The van der Waals surface area contributed by atoms with E-state index in [0.29, 0.717) is 18.2 Å². The lowest BCUT2D eigenvalue weighted by molar-refractivity contribution is 0.0934. The van der Waals surface area contributed by atoms with Crippen LogP contribution in [-0.4, -0.2) is 26.9 Å². The summed E-state index contributed by atoms with van der Waals surface area (Å²) in [4.78, 5) is 24.3. The van der Waals surface area contributed by atoms with Gasteiger partial charge in [-0.15, -0.1) is 0 Å². The van der Waals surface area contributed by atoms with Crippen molar-refractivity contribution in [3.63, 3.8) is 0 Å². The summed E-state index contributed by atoms with van der Waals surface area (Å²) in [7, 11) is 0. The van der Waals surface area contributed by atoms with Crippen molar-refractivity contribution in [2.24, 2.45) is 0 Å². The zero-order chi connectivity index (χ0) is 15.1. The molecule has 2 heterocycles. The summed E-state index contributed by atoms with van der Waals surface area (Å²) in [5.74, 6) is 0.252. The van der Waals surface area contributed by atoms with Crippen molar-refractivity contribution >= 4 is 11.9 Å². The van der Waals surface area contributed by atoms with Gasteiger partial charge in [-0.25, -0.2) is 9.97 Å². The molecule has 110 valence electrons. The lowest BCUT2D eigenvalue weighted by Crippen LogP contribution is -2.32. The largest absolute Gasteiger partial charge is 0.350 e. The summed E-state index contributed by atoms with van der Waals surface area (Å²) in [6, 6.07) is 5.55. The summed E-state index contributed by atoms with van der Waals surface area (Å²) in [6.07, 6.45) is 5.92. The van der Waals surface area contributed by atoms with Crippen LogP contribution in [0.15, 0.2) is 36.8 Å². The molecule has 21 heavy (non-hydrogen) atoms. The predicted octanol–water partition coefficient (Wildman–Crippen LogP) is 2.01. The van der Waals surface area contributed by atoms with E-state index in [-0.39, 0.29) is 11.9 Å². The molecule has 0 saturated carbocycles. The fraction of sp³-hybridized carbons (Fsp3) is 0.333. The fourth-order valence-electron chi connectivity index (χ4n) is 1.65. The number of amides is 1. The standard InChI is InChI=1S/C15H19N5O/c1-3-11(2)19-14(21)13-6-9-17-15(20-13)18-10-12-4-7-16-8-5-12/h4-9,11H,3,10H2,1-2H3,(H,19,21)(H,17,18,20). The minimum atomic E-state index is -0.182. The van der Waals surface area contributed by atoms with E-state index in [2.05, 4.69) is 25.6 Å². The average molecular weight is 285 g/mol. The number of carbonyl (C=O) groups excluding carboxylic acids is 1. The van der Waals surface area contributed by atoms with Crippen LogP contribution in [0, 0.1) is 0 Å². The number of hydrogen-bond donors (Lipinski definition) is 2. The van der Waals surface area contributed by atoms with E-state index in [0.717, 1.165) is 12.0 Å². The van der Waals surface area contributed by atoms with Crippen molar-refractivity contribution in [2.75, 3.05) is 5.32 Å². The Morgan fingerprint density at radius 3 is 2.71 bits per heavy atom. The second kappa shape index (κ2) is 7.33. The van der Waals surface area contributed by atoms with Crippen LogP contribution in [0.5, 0.6) is 0 Å². The van der Waals surface area contributed by atoms with Crippen LogP contribution < -0.4 is 10.6 Å². The molecule has 0 aromatic carbocycles. The molecule has 1 unspecified atom stereocenters. The van der Waals surface area contributed by atoms with Crippen LogP contribution in [0.3, 0.4) is 0 Å². The normalized spacial score (nSPS) is 11.7. The molecule has 6 heteroatoms. The number of pyridine rings is 1. The quantitative estimate of drug-likeness (QED) is 0.848. The van der Waals surface area contributed by atoms with Crippen molar-refractivity contribution in [1.82, 2.24) is 20.3 Å². The fourth-order valence-corrected chi connectivity index (χ4v) is 1.65. The molecule has 2 rings (SSSR count). The third kappa shape index (κ3) is 4.52. The summed E-state index contributed by atoms with van der Waals surface area (Å²) in [5.41, 5.74) is 1.44. The number of rotatable bonds is 6. The first-order valence-electron chi connectivity index (χ1n) is 6.95. The number of nitrogens with zero attached hydrogens (tertiary/aromatic N) is 3. The van der Waals surface area contributed by atoms with Crippen LogP contribution in [0.4, 0.5) is 5.95 Å². The van der Waals surface area contributed by atoms with E-state index >= 15 is 0 Å². The first kappa shape index (κ1) is 14.9. The Morgan fingerprint density at radius 2 is 2.00 bits per heavy atom. The number of anilines is 1. The number of nitrogens with one attached hydrogen (secondary N) is 2. The molecule has 0 bridgehead atoms. The maximum Gasteiger partial charge on any atom is 0.270 e. The first-order chi connectivity index (χ1) is 10.2. The van der Waals surface area contributed by atoms with Gasteiger partial charge in [-0.3, -0.25) is 9.78 Å². The van der Waals surface area contributed by atoms with Gasteiger partial charge in [0.15, 0.2) is 0 Å². The molecule has 2 aromatic rings. The van der Waals surface area contributed by atoms with E-state index < -0.39 is 0 Å². The number of hydrogen-bond acceptors (Lipinski definition) is 5. The molecule has 0 spiro atoms. The van der Waals surface area contributed by atoms with Crippen molar-refractivity contribution in [3.05, 3.63) is 48.0 Å². The zero-order valence-corrected chi connectivity index (χ0v) is 12.2. The van der Waals surface area contributed by atoms with E-state index in [9.17, 15) is 4.79 Å². The first-order valence-corrected chi connectivity index (χ1v) is 6.95. The van der Waals surface area contributed by atoms with Gasteiger partial charge in [0, 0.05) is 31.2 Å². The maximum absolute atomic E-state index is 12.0. The van der Waals surface area contributed by atoms with Crippen molar-refractivity contribution < 1.29 is 4.79 Å². The molecule has 1 amide bonds. The molecule has 0 aliphatic heterocycles. The highest BCUT2D eigenvalue weighted by Gasteiger charge is 2.10. The van der Waals surface area contributed by atoms with Gasteiger partial charge < -0.3 is 10.6 Å². The second-order valence-electron chi connectivity index (χ2n) is 4.76. The molecule has 0 fully saturated rings. The highest BCUT2D eigenvalue weighted by atomic mass is 16.1. The summed E-state index contributed by atoms with van der Waals surface area (Å²) in [6.45, 7) is 4.56. The van der Waals surface area contributed by atoms with Crippen LogP contribution in [0.25, 0.3) is 0 Å². The maximum atomic E-state index is 12.0. The molecular formula is C15H19N5O. The third-order valence-electron chi connectivity index (χ3n) is 3.08. The summed E-state index contributed by atoms with van der Waals surface area (Å²) in [5, 5.41) is 5.98. The van der Waals surface area contributed by atoms with Crippen molar-refractivity contribution in [3.8, 4) is 0 Å². The van der Waals surface area contributed by atoms with Gasteiger partial charge in [-0.05, 0) is 37.1 Å². The number of aromatic nitrogens is 3. The van der Waals surface area contributed by atoms with E-state index in [4.69, 9.17) is 0 Å². The zero-order valence-electron chi connectivity index (χ0n) is 12.2. The highest BCUT2D eigenvalue weighted by Crippen LogP contribution is 2.04. The van der Waals surface area contributed by atoms with Gasteiger partial charge in [0.05, 0.1) is 0 Å². The molecule has 2 aromatic heterocycles. The Morgan fingerprint density at radius 1 is 1.24 bits per heavy atom. The highest BCUT2D eigenvalue weighted by molar-refractivity contribution is 5.92. The molecule has 0 saturated heterocycles. The van der Waals surface area contributed by atoms with Gasteiger partial charge in [-0.2, -0.15) is 0 Å². The topological polar surface area (TPSA) is 79.8 Å². The average Bonchev–Trinajstić information content (AvgIpc) is 2.54. The van der Waals surface area contributed by atoms with Gasteiger partial charge in [0.25, 0.3) is 5.91 Å². The van der Waals surface area contributed by atoms with Gasteiger partial charge >= 0.3 is 0 Å². The van der Waals surface area contributed by atoms with Crippen LogP contribution >= 0.6 is 0 Å². The minimum absolute atomic E-state index is 0.126. The Bertz CT molecular complexity index is 588. The third-order valence-corrected chi connectivity index (χ3v) is 3.08. The Balaban J connectivity index is 1.99. The summed E-state index contributed by atoms with van der Waals surface area (Å²) >= 11 is 0. The SMILES string of the molecule is CCC(C)NC(=O)c1ccnc(NCc2ccncc2)n1. The van der Waals surface area contributed by atoms with Crippen LogP contribution in [-0.2, 0) is 6.54 Å². The van der Waals surface area contributed by atoms with E-state index in [1.165, 1.54) is 0 Å². The Kier molecular flexibility index (Phi) is 5.20. The second-order valence-corrected chi connectivity index (χ2v) is 4.76. The molecule has 2 N–H and O–H groups in total. The predicted molar refractivity (Wildman–Crippen MR) is 80.8 cm³/mol. The molecular weight excluding hydrogens is 266 g/mol. The monoisotopic (exact) mass is 285 g/mol. The van der Waals surface area contributed by atoms with Crippen molar-refractivity contribution in [1.29, 1.82) is 0 Å². The van der Waals surface area contributed by atoms with Gasteiger partial charge in [0.1, 0.15) is 5.69 Å². The van der Waals surface area contributed by atoms with Gasteiger partial charge in [-0.1, -0.05) is 6.92 Å². The van der Waals surface area contributed by atoms with Gasteiger partial charge in [0.2, 0.25) is 5.95 Å². The van der Waals surface area contributed by atoms with Crippen LogP contribution in [0.2, 0.25) is 0 Å². The Labute approximate surface area is 124 Å². The molecule has 6 nitrogen and oxygen atoms in total. The molecule has 1 atom stereocenters. The van der Waals surface area contributed by atoms with E-state index in [1.807, 2.05) is 26.0 Å².